The molecule has 0 unspecified atom stereocenters. The van der Waals surface area contributed by atoms with E-state index in [1.54, 1.807) is 6.07 Å². The third kappa shape index (κ3) is 2.70. The first-order valence-electron chi connectivity index (χ1n) is 5.63. The maximum absolute atomic E-state index is 11.1. The number of aryl methyl sites for hydroxylation is 1. The van der Waals surface area contributed by atoms with E-state index in [4.69, 9.17) is 16.3 Å². The van der Waals surface area contributed by atoms with Crippen LogP contribution in [0.3, 0.4) is 0 Å². The molecule has 1 aromatic heterocycles. The number of halogens is 2. The van der Waals surface area contributed by atoms with Gasteiger partial charge in [0.15, 0.2) is 5.69 Å². The van der Waals surface area contributed by atoms with Gasteiger partial charge in [-0.2, -0.15) is 5.10 Å². The van der Waals surface area contributed by atoms with Gasteiger partial charge in [0, 0.05) is 11.6 Å². The summed E-state index contributed by atoms with van der Waals surface area (Å²) in [4.78, 5) is 10.6. The molecule has 1 aromatic carbocycles. The van der Waals surface area contributed by atoms with Gasteiger partial charge in [0.25, 0.3) is 0 Å². The van der Waals surface area contributed by atoms with Crippen molar-refractivity contribution in [2.75, 3.05) is 7.11 Å². The summed E-state index contributed by atoms with van der Waals surface area (Å²) in [6.07, 6.45) is 0. The minimum atomic E-state index is -0.547. The number of hydrogen-bond donors (Lipinski definition) is 0. The summed E-state index contributed by atoms with van der Waals surface area (Å²) in [5.74, 6) is 0. The average molecular weight is 361 g/mol. The zero-order chi connectivity index (χ0) is 14.9. The molecule has 1 heterocycles. The number of methoxy groups -OCH3 is 1. The molecule has 0 aliphatic rings. The second-order valence-corrected chi connectivity index (χ2v) is 5.39. The van der Waals surface area contributed by atoms with Crippen molar-refractivity contribution in [2.45, 2.75) is 13.5 Å². The first-order chi connectivity index (χ1) is 9.45. The van der Waals surface area contributed by atoms with Crippen LogP contribution >= 0.6 is 27.5 Å². The lowest BCUT2D eigenvalue weighted by Crippen LogP contribution is -2.00. The van der Waals surface area contributed by atoms with Crippen molar-refractivity contribution in [3.05, 3.63) is 49.2 Å². The highest BCUT2D eigenvalue weighted by atomic mass is 79.9. The molecule has 106 valence electrons. The predicted molar refractivity (Wildman–Crippen MR) is 78.4 cm³/mol. The summed E-state index contributed by atoms with van der Waals surface area (Å²) < 4.78 is 7.19. The second-order valence-electron chi connectivity index (χ2n) is 4.12. The molecule has 0 aliphatic carbocycles. The number of hydrogen-bond acceptors (Lipinski definition) is 4. The van der Waals surface area contributed by atoms with Gasteiger partial charge in [0.2, 0.25) is 5.15 Å². The number of ether oxygens (including phenoxy) is 1. The summed E-state index contributed by atoms with van der Waals surface area (Å²) in [7, 11) is 1.45. The van der Waals surface area contributed by atoms with Crippen molar-refractivity contribution in [2.24, 2.45) is 0 Å². The van der Waals surface area contributed by atoms with Crippen molar-refractivity contribution < 1.29 is 9.66 Å². The summed E-state index contributed by atoms with van der Waals surface area (Å²) in [6.45, 7) is 1.90. The Morgan fingerprint density at radius 3 is 2.80 bits per heavy atom. The number of rotatable bonds is 4. The Hall–Kier alpha value is -1.44. The molecular formula is C12H11BrClN3O3. The lowest BCUT2D eigenvalue weighted by atomic mass is 10.2. The van der Waals surface area contributed by atoms with Crippen LogP contribution in [-0.2, 0) is 11.3 Å². The van der Waals surface area contributed by atoms with E-state index in [2.05, 4.69) is 21.0 Å². The van der Waals surface area contributed by atoms with Crippen LogP contribution in [0.1, 0.15) is 11.3 Å². The van der Waals surface area contributed by atoms with Crippen molar-refractivity contribution in [1.29, 1.82) is 0 Å². The van der Waals surface area contributed by atoms with Crippen LogP contribution in [0.4, 0.5) is 5.69 Å². The molecule has 0 spiro atoms. The predicted octanol–water partition coefficient (Wildman–Crippen LogP) is 3.65. The fourth-order valence-electron chi connectivity index (χ4n) is 1.86. The van der Waals surface area contributed by atoms with Crippen LogP contribution in [0.2, 0.25) is 5.15 Å². The highest BCUT2D eigenvalue weighted by Crippen LogP contribution is 2.32. The zero-order valence-electron chi connectivity index (χ0n) is 10.8. The van der Waals surface area contributed by atoms with Crippen molar-refractivity contribution in [3.63, 3.8) is 0 Å². The standard InChI is InChI=1S/C12H11BrClN3O3/c1-7-5-8(13)3-4-10(7)16-12(14)11(17(18)19)9(15-16)6-20-2/h3-5H,6H2,1-2H3. The Labute approximate surface area is 128 Å². The molecule has 0 saturated heterocycles. The Morgan fingerprint density at radius 1 is 1.55 bits per heavy atom. The van der Waals surface area contributed by atoms with E-state index in [0.29, 0.717) is 5.69 Å². The molecule has 20 heavy (non-hydrogen) atoms. The molecule has 0 saturated carbocycles. The van der Waals surface area contributed by atoms with E-state index in [-0.39, 0.29) is 23.1 Å². The Balaban J connectivity index is 2.63. The smallest absolute Gasteiger partial charge is 0.331 e. The molecule has 6 nitrogen and oxygen atoms in total. The normalized spacial score (nSPS) is 10.8. The quantitative estimate of drug-likeness (QED) is 0.616. The van der Waals surface area contributed by atoms with Gasteiger partial charge < -0.3 is 4.74 Å². The third-order valence-corrected chi connectivity index (χ3v) is 3.56. The van der Waals surface area contributed by atoms with Gasteiger partial charge in [-0.15, -0.1) is 0 Å². The minimum Gasteiger partial charge on any atom is -0.378 e. The van der Waals surface area contributed by atoms with Crippen molar-refractivity contribution in [1.82, 2.24) is 9.78 Å². The Bertz CT molecular complexity index is 672. The Kier molecular flexibility index (Phi) is 4.42. The largest absolute Gasteiger partial charge is 0.378 e. The highest BCUT2D eigenvalue weighted by Gasteiger charge is 2.27. The first kappa shape index (κ1) is 15.0. The minimum absolute atomic E-state index is 0.0264. The van der Waals surface area contributed by atoms with E-state index in [1.165, 1.54) is 11.8 Å². The van der Waals surface area contributed by atoms with E-state index < -0.39 is 4.92 Å². The first-order valence-corrected chi connectivity index (χ1v) is 6.80. The third-order valence-electron chi connectivity index (χ3n) is 2.73. The second kappa shape index (κ2) is 5.90. The molecule has 0 aliphatic heterocycles. The zero-order valence-corrected chi connectivity index (χ0v) is 13.1. The van der Waals surface area contributed by atoms with Gasteiger partial charge in [-0.1, -0.05) is 27.5 Å². The van der Waals surface area contributed by atoms with E-state index in [9.17, 15) is 10.1 Å². The van der Waals surface area contributed by atoms with Gasteiger partial charge in [-0.05, 0) is 30.7 Å². The molecular weight excluding hydrogens is 350 g/mol. The molecule has 0 fully saturated rings. The molecule has 0 atom stereocenters. The van der Waals surface area contributed by atoms with E-state index in [0.717, 1.165) is 10.0 Å². The lowest BCUT2D eigenvalue weighted by molar-refractivity contribution is -0.385. The Morgan fingerprint density at radius 2 is 2.25 bits per heavy atom. The summed E-state index contributed by atoms with van der Waals surface area (Å²) in [6, 6.07) is 5.50. The number of benzene rings is 1. The van der Waals surface area contributed by atoms with E-state index >= 15 is 0 Å². The molecule has 0 bridgehead atoms. The van der Waals surface area contributed by atoms with Crippen LogP contribution in [0.15, 0.2) is 22.7 Å². The molecule has 2 aromatic rings. The van der Waals surface area contributed by atoms with Crippen LogP contribution < -0.4 is 0 Å². The molecule has 0 N–H and O–H groups in total. The molecule has 0 radical (unpaired) electrons. The van der Waals surface area contributed by atoms with Crippen LogP contribution in [-0.4, -0.2) is 21.8 Å². The van der Waals surface area contributed by atoms with Gasteiger partial charge in [-0.25, -0.2) is 4.68 Å². The van der Waals surface area contributed by atoms with Crippen LogP contribution in [0.25, 0.3) is 5.69 Å². The highest BCUT2D eigenvalue weighted by molar-refractivity contribution is 9.10. The SMILES string of the molecule is COCc1nn(-c2ccc(Br)cc2C)c(Cl)c1[N+](=O)[O-]. The monoisotopic (exact) mass is 359 g/mol. The molecule has 8 heteroatoms. The number of nitrogens with zero attached hydrogens (tertiary/aromatic N) is 3. The number of aromatic nitrogens is 2. The maximum Gasteiger partial charge on any atom is 0.331 e. The molecule has 0 amide bonds. The van der Waals surface area contributed by atoms with Gasteiger partial charge in [-0.3, -0.25) is 10.1 Å². The lowest BCUT2D eigenvalue weighted by Gasteiger charge is -2.06. The van der Waals surface area contributed by atoms with Gasteiger partial charge in [0.05, 0.1) is 17.2 Å². The maximum atomic E-state index is 11.1. The fourth-order valence-corrected chi connectivity index (χ4v) is 2.64. The fraction of sp³-hybridized carbons (Fsp3) is 0.250. The van der Waals surface area contributed by atoms with Crippen molar-refractivity contribution in [3.8, 4) is 5.69 Å². The van der Waals surface area contributed by atoms with Crippen LogP contribution in [0.5, 0.6) is 0 Å². The average Bonchev–Trinajstić information content (AvgIpc) is 2.67. The van der Waals surface area contributed by atoms with E-state index in [1.807, 2.05) is 19.1 Å². The van der Waals surface area contributed by atoms with Gasteiger partial charge >= 0.3 is 5.69 Å². The van der Waals surface area contributed by atoms with Crippen LogP contribution in [0, 0.1) is 17.0 Å². The number of nitro groups is 1. The van der Waals surface area contributed by atoms with Crippen molar-refractivity contribution >= 4 is 33.2 Å². The summed E-state index contributed by atoms with van der Waals surface area (Å²) in [5.41, 5.74) is 1.55. The summed E-state index contributed by atoms with van der Waals surface area (Å²) in [5, 5.41) is 15.3. The summed E-state index contributed by atoms with van der Waals surface area (Å²) >= 11 is 9.46. The van der Waals surface area contributed by atoms with Gasteiger partial charge in [0.1, 0.15) is 0 Å². The topological polar surface area (TPSA) is 70.2 Å². The molecule has 2 rings (SSSR count).